The molecule has 1 aromatic rings. The van der Waals surface area contributed by atoms with Crippen LogP contribution in [0.15, 0.2) is 42.8 Å². The Labute approximate surface area is 164 Å². The van der Waals surface area contributed by atoms with E-state index in [0.717, 1.165) is 25.7 Å². The van der Waals surface area contributed by atoms with Gasteiger partial charge in [-0.2, -0.15) is 13.2 Å². The van der Waals surface area contributed by atoms with Crippen LogP contribution in [0.25, 0.3) is 0 Å². The van der Waals surface area contributed by atoms with E-state index in [1.54, 1.807) is 25.4 Å². The molecule has 4 nitrogen and oxygen atoms in total. The van der Waals surface area contributed by atoms with Gasteiger partial charge in [0.15, 0.2) is 6.79 Å². The molecule has 7 heteroatoms. The minimum absolute atomic E-state index is 0.00514. The number of rotatable bonds is 10. The smallest absolute Gasteiger partial charge is 0.416 e. The number of hydrogen-bond acceptors (Lipinski definition) is 4. The lowest BCUT2D eigenvalue weighted by Crippen LogP contribution is -2.15. The number of hydroxylamine groups is 2. The Morgan fingerprint density at radius 3 is 2.61 bits per heavy atom. The average molecular weight is 399 g/mol. The molecule has 0 atom stereocenters. The van der Waals surface area contributed by atoms with Crippen molar-refractivity contribution in [2.45, 2.75) is 51.3 Å². The standard InChI is InChI=1S/C21H28F3NO3/c1-4-18(13-25(3)28-15-26-5-2)27-14-16-10-11-19(17-8-6-7-9-17)20(12-16)21(22,23)24/h4,10-13,17H,1,5-9,14-15H2,2-3H3/b18-13+. The number of nitrogens with zero attached hydrogens (tertiary/aromatic N) is 1. The predicted octanol–water partition coefficient (Wildman–Crippen LogP) is 5.76. The SMILES string of the molecule is C=C/C(=C\N(C)OCOCC)OCc1ccc(C2CCCC2)c(C(F)(F)F)c1. The van der Waals surface area contributed by atoms with Crippen molar-refractivity contribution in [2.24, 2.45) is 0 Å². The van der Waals surface area contributed by atoms with Crippen LogP contribution in [-0.4, -0.2) is 25.5 Å². The first-order valence-corrected chi connectivity index (χ1v) is 9.45. The molecule has 0 bridgehead atoms. The van der Waals surface area contributed by atoms with Crippen LogP contribution in [0, 0.1) is 0 Å². The van der Waals surface area contributed by atoms with E-state index in [9.17, 15) is 13.2 Å². The Bertz CT molecular complexity index is 667. The van der Waals surface area contributed by atoms with Gasteiger partial charge in [-0.1, -0.05) is 31.6 Å². The summed E-state index contributed by atoms with van der Waals surface area (Å²) in [5.41, 5.74) is 0.304. The van der Waals surface area contributed by atoms with Gasteiger partial charge >= 0.3 is 6.18 Å². The van der Waals surface area contributed by atoms with Crippen molar-refractivity contribution in [1.82, 2.24) is 5.06 Å². The first-order chi connectivity index (χ1) is 13.3. The zero-order valence-electron chi connectivity index (χ0n) is 16.4. The molecule has 2 rings (SSSR count). The van der Waals surface area contributed by atoms with Crippen LogP contribution in [0.1, 0.15) is 55.2 Å². The molecule has 0 spiro atoms. The van der Waals surface area contributed by atoms with E-state index < -0.39 is 11.7 Å². The summed E-state index contributed by atoms with van der Waals surface area (Å²) in [5, 5.41) is 1.40. The highest BCUT2D eigenvalue weighted by Crippen LogP contribution is 2.41. The monoisotopic (exact) mass is 399 g/mol. The van der Waals surface area contributed by atoms with Crippen LogP contribution < -0.4 is 0 Å². The Balaban J connectivity index is 2.07. The quantitative estimate of drug-likeness (QED) is 0.164. The fourth-order valence-electron chi connectivity index (χ4n) is 3.27. The second kappa shape index (κ2) is 10.5. The minimum Gasteiger partial charge on any atom is -0.487 e. The van der Waals surface area contributed by atoms with Crippen LogP contribution >= 0.6 is 0 Å². The molecule has 0 aliphatic heterocycles. The minimum atomic E-state index is -4.38. The summed E-state index contributed by atoms with van der Waals surface area (Å²) in [5.74, 6) is 0.374. The Morgan fingerprint density at radius 2 is 2.00 bits per heavy atom. The third-order valence-electron chi connectivity index (χ3n) is 4.68. The van der Waals surface area contributed by atoms with Gasteiger partial charge in [-0.3, -0.25) is 5.06 Å². The molecule has 0 amide bonds. The zero-order chi connectivity index (χ0) is 20.6. The highest BCUT2D eigenvalue weighted by atomic mass is 19.4. The van der Waals surface area contributed by atoms with Crippen molar-refractivity contribution in [3.63, 3.8) is 0 Å². The number of halogens is 3. The normalized spacial score (nSPS) is 15.7. The molecule has 1 aliphatic carbocycles. The lowest BCUT2D eigenvalue weighted by atomic mass is 9.91. The van der Waals surface area contributed by atoms with Gasteiger partial charge in [-0.25, -0.2) is 4.84 Å². The fraction of sp³-hybridized carbons (Fsp3) is 0.524. The van der Waals surface area contributed by atoms with E-state index in [1.807, 2.05) is 6.92 Å². The van der Waals surface area contributed by atoms with Gasteiger partial charge in [0.1, 0.15) is 12.4 Å². The third kappa shape index (κ3) is 6.56. The number of benzene rings is 1. The van der Waals surface area contributed by atoms with Gasteiger partial charge in [0.05, 0.1) is 11.8 Å². The highest BCUT2D eigenvalue weighted by molar-refractivity contribution is 5.37. The van der Waals surface area contributed by atoms with E-state index in [0.29, 0.717) is 23.5 Å². The first kappa shape index (κ1) is 22.3. The van der Waals surface area contributed by atoms with Crippen molar-refractivity contribution in [2.75, 3.05) is 20.4 Å². The molecule has 28 heavy (non-hydrogen) atoms. The molecular formula is C21H28F3NO3. The van der Waals surface area contributed by atoms with Crippen molar-refractivity contribution in [1.29, 1.82) is 0 Å². The summed E-state index contributed by atoms with van der Waals surface area (Å²) >= 11 is 0. The summed E-state index contributed by atoms with van der Waals surface area (Å²) in [6.07, 6.45) is 2.24. The summed E-state index contributed by atoms with van der Waals surface area (Å²) in [7, 11) is 1.66. The van der Waals surface area contributed by atoms with Crippen LogP contribution in [0.4, 0.5) is 13.2 Å². The zero-order valence-corrected chi connectivity index (χ0v) is 16.4. The van der Waals surface area contributed by atoms with Gasteiger partial charge in [-0.15, -0.1) is 0 Å². The topological polar surface area (TPSA) is 30.9 Å². The van der Waals surface area contributed by atoms with Gasteiger partial charge in [-0.05, 0) is 49.0 Å². The summed E-state index contributed by atoms with van der Waals surface area (Å²) in [6, 6.07) is 4.51. The van der Waals surface area contributed by atoms with Crippen molar-refractivity contribution in [3.05, 3.63) is 59.5 Å². The molecule has 156 valence electrons. The number of hydrogen-bond donors (Lipinski definition) is 0. The van der Waals surface area contributed by atoms with Crippen LogP contribution in [0.2, 0.25) is 0 Å². The lowest BCUT2D eigenvalue weighted by molar-refractivity contribution is -0.185. The van der Waals surface area contributed by atoms with E-state index in [-0.39, 0.29) is 19.3 Å². The van der Waals surface area contributed by atoms with Gasteiger partial charge in [0.25, 0.3) is 0 Å². The molecule has 0 N–H and O–H groups in total. The fourth-order valence-corrected chi connectivity index (χ4v) is 3.27. The molecule has 1 saturated carbocycles. The molecule has 1 fully saturated rings. The lowest BCUT2D eigenvalue weighted by Gasteiger charge is -2.19. The van der Waals surface area contributed by atoms with Crippen molar-refractivity contribution < 1.29 is 27.5 Å². The number of ether oxygens (including phenoxy) is 2. The summed E-state index contributed by atoms with van der Waals surface area (Å²) in [6.45, 7) is 6.13. The summed E-state index contributed by atoms with van der Waals surface area (Å²) < 4.78 is 51.4. The highest BCUT2D eigenvalue weighted by Gasteiger charge is 2.36. The molecular weight excluding hydrogens is 371 g/mol. The molecule has 0 radical (unpaired) electrons. The molecule has 0 aromatic heterocycles. The molecule has 0 saturated heterocycles. The van der Waals surface area contributed by atoms with E-state index >= 15 is 0 Å². The second-order valence-corrected chi connectivity index (χ2v) is 6.71. The largest absolute Gasteiger partial charge is 0.487 e. The molecule has 0 unspecified atom stereocenters. The summed E-state index contributed by atoms with van der Waals surface area (Å²) in [4.78, 5) is 5.26. The van der Waals surface area contributed by atoms with Crippen LogP contribution in [0.3, 0.4) is 0 Å². The molecule has 1 aliphatic rings. The number of allylic oxidation sites excluding steroid dienone is 1. The average Bonchev–Trinajstić information content (AvgIpc) is 3.19. The second-order valence-electron chi connectivity index (χ2n) is 6.71. The molecule has 0 heterocycles. The number of alkyl halides is 3. The van der Waals surface area contributed by atoms with Crippen LogP contribution in [0.5, 0.6) is 0 Å². The predicted molar refractivity (Wildman–Crippen MR) is 101 cm³/mol. The van der Waals surface area contributed by atoms with Crippen LogP contribution in [-0.2, 0) is 27.1 Å². The van der Waals surface area contributed by atoms with Crippen molar-refractivity contribution in [3.8, 4) is 0 Å². The Hall–Kier alpha value is -1.99. The molecule has 1 aromatic carbocycles. The third-order valence-corrected chi connectivity index (χ3v) is 4.68. The van der Waals surface area contributed by atoms with E-state index in [2.05, 4.69) is 6.58 Å². The van der Waals surface area contributed by atoms with Crippen molar-refractivity contribution >= 4 is 0 Å². The first-order valence-electron chi connectivity index (χ1n) is 9.45. The van der Waals surface area contributed by atoms with Gasteiger partial charge in [0, 0.05) is 13.7 Å². The van der Waals surface area contributed by atoms with E-state index in [4.69, 9.17) is 14.3 Å². The van der Waals surface area contributed by atoms with E-state index in [1.165, 1.54) is 17.2 Å². The van der Waals surface area contributed by atoms with Gasteiger partial charge in [0.2, 0.25) is 0 Å². The maximum atomic E-state index is 13.6. The Morgan fingerprint density at radius 1 is 1.29 bits per heavy atom. The van der Waals surface area contributed by atoms with Gasteiger partial charge < -0.3 is 9.47 Å². The maximum absolute atomic E-state index is 13.6. The Kier molecular flexibility index (Phi) is 8.38. The maximum Gasteiger partial charge on any atom is 0.416 e.